The van der Waals surface area contributed by atoms with Crippen LogP contribution >= 0.6 is 0 Å². The predicted molar refractivity (Wildman–Crippen MR) is 67.8 cm³/mol. The highest BCUT2D eigenvalue weighted by Crippen LogP contribution is 2.22. The van der Waals surface area contributed by atoms with Crippen LogP contribution in [0.25, 0.3) is 0 Å². The Bertz CT molecular complexity index is 432. The van der Waals surface area contributed by atoms with E-state index < -0.39 is 11.4 Å². The number of ketones is 1. The zero-order chi connectivity index (χ0) is 13.8. The fraction of sp³-hybridized carbons (Fsp3) is 0.429. The molecule has 0 aliphatic carbocycles. The largest absolute Gasteiger partial charge is 0.465 e. The van der Waals surface area contributed by atoms with Crippen molar-refractivity contribution in [3.05, 3.63) is 35.4 Å². The molecule has 1 rings (SSSR count). The van der Waals surface area contributed by atoms with E-state index in [1.165, 1.54) is 7.11 Å². The van der Waals surface area contributed by atoms with E-state index in [1.54, 1.807) is 31.4 Å². The van der Waals surface area contributed by atoms with E-state index in [2.05, 4.69) is 4.74 Å². The Balaban J connectivity index is 2.92. The number of hydrogen-bond donors (Lipinski definition) is 0. The minimum atomic E-state index is -0.582. The number of ether oxygens (including phenoxy) is 2. The number of carbonyl (C=O) groups is 2. The first-order valence-corrected chi connectivity index (χ1v) is 5.64. The summed E-state index contributed by atoms with van der Waals surface area (Å²) in [5.41, 5.74) is 0.407. The van der Waals surface area contributed by atoms with Gasteiger partial charge >= 0.3 is 5.97 Å². The molecule has 0 aliphatic rings. The summed E-state index contributed by atoms with van der Waals surface area (Å²) in [5, 5.41) is 0. The molecule has 0 fully saturated rings. The second-order valence-electron chi connectivity index (χ2n) is 4.71. The minimum absolute atomic E-state index is 0.0132. The summed E-state index contributed by atoms with van der Waals surface area (Å²) in [6.07, 6.45) is 0. The van der Waals surface area contributed by atoms with Crippen molar-refractivity contribution < 1.29 is 19.1 Å². The van der Waals surface area contributed by atoms with Crippen molar-refractivity contribution in [3.8, 4) is 0 Å². The van der Waals surface area contributed by atoms with E-state index >= 15 is 0 Å². The van der Waals surface area contributed by atoms with Gasteiger partial charge in [-0.1, -0.05) is 26.0 Å². The zero-order valence-corrected chi connectivity index (χ0v) is 11.1. The number of Topliss-reactive ketones (excluding diaryl/α,β-unsaturated/α-hetero) is 1. The number of benzene rings is 1. The molecule has 4 nitrogen and oxygen atoms in total. The molecule has 0 heterocycles. The lowest BCUT2D eigenvalue weighted by Gasteiger charge is -2.21. The molecule has 0 saturated carbocycles. The summed E-state index contributed by atoms with van der Waals surface area (Å²) < 4.78 is 9.63. The Kier molecular flexibility index (Phi) is 4.62. The monoisotopic (exact) mass is 250 g/mol. The molecule has 0 aliphatic heterocycles. The van der Waals surface area contributed by atoms with Gasteiger partial charge in [-0.3, -0.25) is 4.79 Å². The summed E-state index contributed by atoms with van der Waals surface area (Å²) in [7, 11) is 2.89. The van der Waals surface area contributed by atoms with Gasteiger partial charge in [-0.2, -0.15) is 0 Å². The molecule has 18 heavy (non-hydrogen) atoms. The Morgan fingerprint density at radius 3 is 2.00 bits per heavy atom. The summed E-state index contributed by atoms with van der Waals surface area (Å²) in [6, 6.07) is 6.43. The Morgan fingerprint density at radius 1 is 1.06 bits per heavy atom. The lowest BCUT2D eigenvalue weighted by Crippen LogP contribution is -2.29. The average molecular weight is 250 g/mol. The lowest BCUT2D eigenvalue weighted by atomic mass is 9.85. The van der Waals surface area contributed by atoms with Crippen molar-refractivity contribution >= 4 is 11.8 Å². The van der Waals surface area contributed by atoms with Crippen LogP contribution in [-0.2, 0) is 9.47 Å². The Labute approximate surface area is 107 Å². The first kappa shape index (κ1) is 14.4. The van der Waals surface area contributed by atoms with Crippen LogP contribution in [-0.4, -0.2) is 32.6 Å². The summed E-state index contributed by atoms with van der Waals surface area (Å²) in [4.78, 5) is 23.5. The van der Waals surface area contributed by atoms with Crippen LogP contribution in [0.3, 0.4) is 0 Å². The molecule has 0 N–H and O–H groups in total. The maximum Gasteiger partial charge on any atom is 0.337 e. The van der Waals surface area contributed by atoms with Gasteiger partial charge in [0.05, 0.1) is 24.7 Å². The number of hydrogen-bond acceptors (Lipinski definition) is 4. The first-order valence-electron chi connectivity index (χ1n) is 5.64. The molecule has 0 unspecified atom stereocenters. The number of methoxy groups -OCH3 is 2. The summed E-state index contributed by atoms with van der Waals surface area (Å²) in [5.74, 6) is -0.425. The van der Waals surface area contributed by atoms with E-state index in [-0.39, 0.29) is 5.78 Å². The molecule has 0 atom stereocenters. The summed E-state index contributed by atoms with van der Waals surface area (Å²) >= 11 is 0. The molecular weight excluding hydrogens is 232 g/mol. The van der Waals surface area contributed by atoms with E-state index in [1.807, 2.05) is 13.8 Å². The smallest absolute Gasteiger partial charge is 0.337 e. The van der Waals surface area contributed by atoms with Gasteiger partial charge < -0.3 is 9.47 Å². The maximum atomic E-state index is 12.2. The molecule has 0 radical (unpaired) electrons. The highest BCUT2D eigenvalue weighted by Gasteiger charge is 2.28. The maximum absolute atomic E-state index is 12.2. The molecule has 0 spiro atoms. The van der Waals surface area contributed by atoms with Crippen molar-refractivity contribution in [2.24, 2.45) is 5.41 Å². The van der Waals surface area contributed by atoms with Crippen molar-refractivity contribution in [1.82, 2.24) is 0 Å². The molecular formula is C14H18O4. The minimum Gasteiger partial charge on any atom is -0.465 e. The van der Waals surface area contributed by atoms with E-state index in [0.717, 1.165) is 0 Å². The van der Waals surface area contributed by atoms with Gasteiger partial charge in [0, 0.05) is 12.7 Å². The predicted octanol–water partition coefficient (Wildman–Crippen LogP) is 2.33. The number of carbonyl (C=O) groups excluding carboxylic acids is 2. The average Bonchev–Trinajstić information content (AvgIpc) is 2.37. The van der Waals surface area contributed by atoms with Crippen LogP contribution in [0.15, 0.2) is 24.3 Å². The molecule has 1 aromatic carbocycles. The zero-order valence-electron chi connectivity index (χ0n) is 11.1. The van der Waals surface area contributed by atoms with E-state index in [0.29, 0.717) is 17.7 Å². The van der Waals surface area contributed by atoms with Gasteiger partial charge in [0.1, 0.15) is 0 Å². The van der Waals surface area contributed by atoms with Gasteiger partial charge in [-0.05, 0) is 12.1 Å². The van der Waals surface area contributed by atoms with Crippen LogP contribution in [0.1, 0.15) is 34.6 Å². The van der Waals surface area contributed by atoms with Crippen molar-refractivity contribution in [1.29, 1.82) is 0 Å². The molecule has 0 aromatic heterocycles. The molecule has 0 amide bonds. The number of esters is 1. The molecule has 1 aromatic rings. The van der Waals surface area contributed by atoms with Crippen LogP contribution in [0.5, 0.6) is 0 Å². The Hall–Kier alpha value is -1.68. The second-order valence-corrected chi connectivity index (χ2v) is 4.71. The quantitative estimate of drug-likeness (QED) is 0.594. The Morgan fingerprint density at radius 2 is 1.56 bits per heavy atom. The van der Waals surface area contributed by atoms with Crippen LogP contribution in [0, 0.1) is 5.41 Å². The third-order valence-corrected chi connectivity index (χ3v) is 2.69. The standard InChI is InChI=1S/C14H18O4/c1-14(2,9-17-3)12(15)10-5-7-11(8-6-10)13(16)18-4/h5-8H,9H2,1-4H3. The number of rotatable bonds is 5. The topological polar surface area (TPSA) is 52.6 Å². The van der Waals surface area contributed by atoms with Crippen molar-refractivity contribution in [3.63, 3.8) is 0 Å². The van der Waals surface area contributed by atoms with Gasteiger partial charge in [0.2, 0.25) is 0 Å². The normalized spacial score (nSPS) is 11.1. The summed E-state index contributed by atoms with van der Waals surface area (Å²) in [6.45, 7) is 4.00. The lowest BCUT2D eigenvalue weighted by molar-refractivity contribution is 0.0597. The first-order chi connectivity index (χ1) is 8.42. The van der Waals surface area contributed by atoms with Gasteiger partial charge in [0.25, 0.3) is 0 Å². The van der Waals surface area contributed by atoms with Crippen LogP contribution in [0.2, 0.25) is 0 Å². The SMILES string of the molecule is COCC(C)(C)C(=O)c1ccc(C(=O)OC)cc1. The highest BCUT2D eigenvalue weighted by molar-refractivity contribution is 6.01. The fourth-order valence-corrected chi connectivity index (χ4v) is 1.69. The third kappa shape index (κ3) is 3.17. The van der Waals surface area contributed by atoms with Crippen LogP contribution < -0.4 is 0 Å². The van der Waals surface area contributed by atoms with E-state index in [9.17, 15) is 9.59 Å². The molecule has 0 saturated heterocycles. The van der Waals surface area contributed by atoms with Crippen LogP contribution in [0.4, 0.5) is 0 Å². The molecule has 4 heteroatoms. The highest BCUT2D eigenvalue weighted by atomic mass is 16.5. The van der Waals surface area contributed by atoms with Gasteiger partial charge in [-0.25, -0.2) is 4.79 Å². The van der Waals surface area contributed by atoms with Gasteiger partial charge in [-0.15, -0.1) is 0 Å². The van der Waals surface area contributed by atoms with E-state index in [4.69, 9.17) is 4.74 Å². The second kappa shape index (κ2) is 5.78. The van der Waals surface area contributed by atoms with Gasteiger partial charge in [0.15, 0.2) is 5.78 Å². The van der Waals surface area contributed by atoms with Crippen molar-refractivity contribution in [2.45, 2.75) is 13.8 Å². The molecule has 98 valence electrons. The molecule has 0 bridgehead atoms. The fourth-order valence-electron chi connectivity index (χ4n) is 1.69. The third-order valence-electron chi connectivity index (χ3n) is 2.69. The van der Waals surface area contributed by atoms with Crippen molar-refractivity contribution in [2.75, 3.05) is 20.8 Å².